The van der Waals surface area contributed by atoms with Crippen molar-refractivity contribution in [3.8, 4) is 5.75 Å². The minimum atomic E-state index is 0.540. The fourth-order valence-electron chi connectivity index (χ4n) is 3.58. The molecular formula is C17H23NO. The number of ether oxygens (including phenoxy) is 1. The molecule has 2 nitrogen and oxygen atoms in total. The molecule has 1 N–H and O–H groups in total. The van der Waals surface area contributed by atoms with Gasteiger partial charge in [0.1, 0.15) is 5.75 Å². The zero-order chi connectivity index (χ0) is 13.2. The molecular weight excluding hydrogens is 234 g/mol. The van der Waals surface area contributed by atoms with E-state index in [9.17, 15) is 0 Å². The summed E-state index contributed by atoms with van der Waals surface area (Å²) in [5, 5.41) is 3.65. The molecule has 0 amide bonds. The monoisotopic (exact) mass is 257 g/mol. The van der Waals surface area contributed by atoms with Crippen LogP contribution in [-0.2, 0) is 0 Å². The fraction of sp³-hybridized carbons (Fsp3) is 0.529. The van der Waals surface area contributed by atoms with E-state index in [1.54, 1.807) is 0 Å². The Bertz CT molecular complexity index is 451. The predicted octanol–water partition coefficient (Wildman–Crippen LogP) is 4.10. The van der Waals surface area contributed by atoms with Crippen LogP contribution < -0.4 is 10.1 Å². The smallest absolute Gasteiger partial charge is 0.119 e. The summed E-state index contributed by atoms with van der Waals surface area (Å²) < 4.78 is 5.47. The van der Waals surface area contributed by atoms with Crippen molar-refractivity contribution in [1.29, 1.82) is 0 Å². The van der Waals surface area contributed by atoms with E-state index in [4.69, 9.17) is 4.74 Å². The summed E-state index contributed by atoms with van der Waals surface area (Å²) in [5.41, 5.74) is 1.20. The molecule has 1 aromatic rings. The van der Waals surface area contributed by atoms with Gasteiger partial charge in [0.05, 0.1) is 6.61 Å². The van der Waals surface area contributed by atoms with Gasteiger partial charge in [-0.25, -0.2) is 0 Å². The molecule has 1 saturated carbocycles. The maximum absolute atomic E-state index is 5.47. The number of nitrogens with one attached hydrogen (secondary N) is 1. The lowest BCUT2D eigenvalue weighted by atomic mass is 9.87. The van der Waals surface area contributed by atoms with E-state index < -0.39 is 0 Å². The van der Waals surface area contributed by atoms with E-state index >= 15 is 0 Å². The third kappa shape index (κ3) is 2.63. The molecule has 102 valence electrons. The van der Waals surface area contributed by atoms with Gasteiger partial charge < -0.3 is 10.1 Å². The van der Waals surface area contributed by atoms with Gasteiger partial charge in [-0.15, -0.1) is 0 Å². The minimum absolute atomic E-state index is 0.540. The van der Waals surface area contributed by atoms with Crippen molar-refractivity contribution >= 4 is 5.69 Å². The summed E-state index contributed by atoms with van der Waals surface area (Å²) in [6, 6.07) is 8.85. The van der Waals surface area contributed by atoms with Gasteiger partial charge in [0.25, 0.3) is 0 Å². The van der Waals surface area contributed by atoms with E-state index in [0.717, 1.165) is 30.1 Å². The number of fused-ring (bicyclic) bond motifs is 2. The third-order valence-electron chi connectivity index (χ3n) is 4.53. The van der Waals surface area contributed by atoms with Gasteiger partial charge >= 0.3 is 0 Å². The Morgan fingerprint density at radius 3 is 2.58 bits per heavy atom. The average Bonchev–Trinajstić information content (AvgIpc) is 3.04. The lowest BCUT2D eigenvalue weighted by Crippen LogP contribution is -2.28. The molecule has 1 fully saturated rings. The topological polar surface area (TPSA) is 21.3 Å². The van der Waals surface area contributed by atoms with Crippen LogP contribution in [0.15, 0.2) is 36.4 Å². The SMILES string of the molecule is CCOc1ccc(NC(C)C2CC3C=CC2C3)cc1. The zero-order valence-electron chi connectivity index (χ0n) is 11.8. The maximum Gasteiger partial charge on any atom is 0.119 e. The summed E-state index contributed by atoms with van der Waals surface area (Å²) in [6.45, 7) is 5.05. The number of benzene rings is 1. The van der Waals surface area contributed by atoms with E-state index in [1.807, 2.05) is 19.1 Å². The zero-order valence-corrected chi connectivity index (χ0v) is 11.8. The summed E-state index contributed by atoms with van der Waals surface area (Å²) in [4.78, 5) is 0. The van der Waals surface area contributed by atoms with Crippen LogP contribution in [0, 0.1) is 17.8 Å². The maximum atomic E-state index is 5.47. The molecule has 0 aliphatic heterocycles. The van der Waals surface area contributed by atoms with Crippen LogP contribution in [0.1, 0.15) is 26.7 Å². The van der Waals surface area contributed by atoms with Gasteiger partial charge in [-0.3, -0.25) is 0 Å². The lowest BCUT2D eigenvalue weighted by Gasteiger charge is -2.27. The molecule has 0 heterocycles. The van der Waals surface area contributed by atoms with Gasteiger partial charge in [-0.2, -0.15) is 0 Å². The Morgan fingerprint density at radius 1 is 1.21 bits per heavy atom. The van der Waals surface area contributed by atoms with Crippen LogP contribution in [0.5, 0.6) is 5.75 Å². The van der Waals surface area contributed by atoms with E-state index in [1.165, 1.54) is 18.5 Å². The second-order valence-electron chi connectivity index (χ2n) is 5.83. The van der Waals surface area contributed by atoms with Gasteiger partial charge in [0.15, 0.2) is 0 Å². The van der Waals surface area contributed by atoms with Crippen LogP contribution in [-0.4, -0.2) is 12.6 Å². The Kier molecular flexibility index (Phi) is 3.50. The van der Waals surface area contributed by atoms with Gasteiger partial charge in [0.2, 0.25) is 0 Å². The highest BCUT2D eigenvalue weighted by atomic mass is 16.5. The molecule has 0 spiro atoms. The molecule has 4 unspecified atom stereocenters. The highest BCUT2D eigenvalue weighted by Gasteiger charge is 2.38. The second-order valence-corrected chi connectivity index (χ2v) is 5.83. The van der Waals surface area contributed by atoms with Crippen molar-refractivity contribution in [2.45, 2.75) is 32.7 Å². The summed E-state index contributed by atoms with van der Waals surface area (Å²) in [6.07, 6.45) is 7.56. The molecule has 2 aliphatic carbocycles. The fourth-order valence-corrected chi connectivity index (χ4v) is 3.58. The molecule has 0 aromatic heterocycles. The Balaban J connectivity index is 1.60. The first kappa shape index (κ1) is 12.6. The second kappa shape index (κ2) is 5.28. The van der Waals surface area contributed by atoms with Crippen molar-refractivity contribution in [3.63, 3.8) is 0 Å². The van der Waals surface area contributed by atoms with Crippen LogP contribution in [0.4, 0.5) is 5.69 Å². The minimum Gasteiger partial charge on any atom is -0.494 e. The van der Waals surface area contributed by atoms with Crippen LogP contribution >= 0.6 is 0 Å². The molecule has 4 atom stereocenters. The van der Waals surface area contributed by atoms with Crippen molar-refractivity contribution in [2.24, 2.45) is 17.8 Å². The molecule has 0 saturated heterocycles. The highest BCUT2D eigenvalue weighted by Crippen LogP contribution is 2.45. The third-order valence-corrected chi connectivity index (χ3v) is 4.53. The number of hydrogen-bond donors (Lipinski definition) is 1. The standard InChI is InChI=1S/C17H23NO/c1-3-19-16-8-6-15(7-9-16)18-12(2)17-11-13-4-5-14(17)10-13/h4-9,12-14,17-18H,3,10-11H2,1-2H3. The molecule has 19 heavy (non-hydrogen) atoms. The molecule has 0 radical (unpaired) electrons. The molecule has 2 heteroatoms. The van der Waals surface area contributed by atoms with Crippen LogP contribution in [0.2, 0.25) is 0 Å². The summed E-state index contributed by atoms with van der Waals surface area (Å²) in [5.74, 6) is 3.39. The Labute approximate surface area is 115 Å². The number of rotatable bonds is 5. The first-order valence-electron chi connectivity index (χ1n) is 7.44. The van der Waals surface area contributed by atoms with Crippen molar-refractivity contribution < 1.29 is 4.74 Å². The Morgan fingerprint density at radius 2 is 2.00 bits per heavy atom. The largest absolute Gasteiger partial charge is 0.494 e. The summed E-state index contributed by atoms with van der Waals surface area (Å²) >= 11 is 0. The van der Waals surface area contributed by atoms with Crippen molar-refractivity contribution in [1.82, 2.24) is 0 Å². The number of allylic oxidation sites excluding steroid dienone is 2. The van der Waals surface area contributed by atoms with Gasteiger partial charge in [-0.1, -0.05) is 12.2 Å². The van der Waals surface area contributed by atoms with Gasteiger partial charge in [0, 0.05) is 11.7 Å². The first-order valence-corrected chi connectivity index (χ1v) is 7.44. The van der Waals surface area contributed by atoms with Crippen LogP contribution in [0.25, 0.3) is 0 Å². The highest BCUT2D eigenvalue weighted by molar-refractivity contribution is 5.47. The van der Waals surface area contributed by atoms with Crippen molar-refractivity contribution in [3.05, 3.63) is 36.4 Å². The Hall–Kier alpha value is -1.44. The average molecular weight is 257 g/mol. The quantitative estimate of drug-likeness (QED) is 0.802. The normalized spacial score (nSPS) is 29.5. The van der Waals surface area contributed by atoms with Crippen molar-refractivity contribution in [2.75, 3.05) is 11.9 Å². The van der Waals surface area contributed by atoms with Gasteiger partial charge in [-0.05, 0) is 68.7 Å². The van der Waals surface area contributed by atoms with E-state index in [2.05, 4.69) is 36.5 Å². The van der Waals surface area contributed by atoms with Crippen LogP contribution in [0.3, 0.4) is 0 Å². The molecule has 3 rings (SSSR count). The molecule has 2 bridgehead atoms. The first-order chi connectivity index (χ1) is 9.26. The van der Waals surface area contributed by atoms with E-state index in [-0.39, 0.29) is 0 Å². The number of anilines is 1. The predicted molar refractivity (Wildman–Crippen MR) is 79.5 cm³/mol. The summed E-state index contributed by atoms with van der Waals surface area (Å²) in [7, 11) is 0. The lowest BCUT2D eigenvalue weighted by molar-refractivity contribution is 0.340. The molecule has 1 aromatic carbocycles. The molecule has 2 aliphatic rings. The number of hydrogen-bond acceptors (Lipinski definition) is 2. The van der Waals surface area contributed by atoms with E-state index in [0.29, 0.717) is 6.04 Å².